The summed E-state index contributed by atoms with van der Waals surface area (Å²) in [4.78, 5) is 24.9. The van der Waals surface area contributed by atoms with Gasteiger partial charge in [-0.3, -0.25) is 14.0 Å². The summed E-state index contributed by atoms with van der Waals surface area (Å²) in [6.45, 7) is 6.40. The van der Waals surface area contributed by atoms with Gasteiger partial charge in [-0.15, -0.1) is 0 Å². The monoisotopic (exact) mass is 408 g/mol. The molecule has 4 rings (SSSR count). The summed E-state index contributed by atoms with van der Waals surface area (Å²) in [6, 6.07) is 9.65. The summed E-state index contributed by atoms with van der Waals surface area (Å²) < 4.78 is 5.24. The number of carbonyl (C=O) groups is 1. The van der Waals surface area contributed by atoms with Gasteiger partial charge in [-0.2, -0.15) is 10.2 Å². The highest BCUT2D eigenvalue weighted by Gasteiger charge is 2.16. The Labute approximate surface area is 175 Å². The van der Waals surface area contributed by atoms with Crippen molar-refractivity contribution in [3.63, 3.8) is 0 Å². The van der Waals surface area contributed by atoms with Crippen molar-refractivity contribution in [2.45, 2.75) is 59.2 Å². The van der Waals surface area contributed by atoms with E-state index >= 15 is 0 Å². The number of aromatic nitrogens is 5. The molecule has 0 spiro atoms. The van der Waals surface area contributed by atoms with Crippen molar-refractivity contribution >= 4 is 5.91 Å². The molecule has 1 amide bonds. The van der Waals surface area contributed by atoms with Crippen LogP contribution in [0.2, 0.25) is 0 Å². The van der Waals surface area contributed by atoms with Gasteiger partial charge in [0.1, 0.15) is 5.82 Å². The summed E-state index contributed by atoms with van der Waals surface area (Å²) in [6.07, 6.45) is 3.65. The van der Waals surface area contributed by atoms with Gasteiger partial charge in [0.05, 0.1) is 12.2 Å². The molecule has 0 saturated heterocycles. The zero-order valence-electron chi connectivity index (χ0n) is 17.6. The maximum Gasteiger partial charge on any atom is 0.345 e. The summed E-state index contributed by atoms with van der Waals surface area (Å²) in [7, 11) is 0. The van der Waals surface area contributed by atoms with Crippen LogP contribution in [0.3, 0.4) is 0 Å². The van der Waals surface area contributed by atoms with Gasteiger partial charge in [0.15, 0.2) is 0 Å². The highest BCUT2D eigenvalue weighted by Crippen LogP contribution is 2.11. The average molecular weight is 409 g/mol. The second-order valence-electron chi connectivity index (χ2n) is 7.93. The van der Waals surface area contributed by atoms with Crippen LogP contribution in [-0.2, 0) is 26.1 Å². The first-order valence-corrected chi connectivity index (χ1v) is 10.6. The maximum absolute atomic E-state index is 12.5. The highest BCUT2D eigenvalue weighted by molar-refractivity contribution is 5.94. The van der Waals surface area contributed by atoms with Gasteiger partial charge in [-0.1, -0.05) is 12.1 Å². The van der Waals surface area contributed by atoms with Crippen molar-refractivity contribution in [1.29, 1.82) is 0 Å². The predicted molar refractivity (Wildman–Crippen MR) is 114 cm³/mol. The molecule has 1 N–H and O–H groups in total. The Balaban J connectivity index is 1.31. The van der Waals surface area contributed by atoms with Gasteiger partial charge in [0.25, 0.3) is 5.91 Å². The Hall–Kier alpha value is -3.16. The number of rotatable bonds is 7. The van der Waals surface area contributed by atoms with E-state index in [1.165, 1.54) is 4.68 Å². The number of fused-ring (bicyclic) bond motifs is 1. The van der Waals surface area contributed by atoms with E-state index in [9.17, 15) is 9.59 Å². The Kier molecular flexibility index (Phi) is 5.83. The van der Waals surface area contributed by atoms with Crippen molar-refractivity contribution in [2.24, 2.45) is 0 Å². The van der Waals surface area contributed by atoms with Gasteiger partial charge in [0, 0.05) is 37.3 Å². The van der Waals surface area contributed by atoms with Crippen molar-refractivity contribution in [2.75, 3.05) is 6.54 Å². The minimum Gasteiger partial charge on any atom is -0.352 e. The quantitative estimate of drug-likeness (QED) is 0.607. The van der Waals surface area contributed by atoms with E-state index in [2.05, 4.69) is 15.5 Å². The third-order valence-corrected chi connectivity index (χ3v) is 5.49. The lowest BCUT2D eigenvalue weighted by Crippen LogP contribution is -2.29. The zero-order valence-corrected chi connectivity index (χ0v) is 17.6. The van der Waals surface area contributed by atoms with Crippen LogP contribution >= 0.6 is 0 Å². The first kappa shape index (κ1) is 20.1. The number of amides is 1. The molecule has 0 saturated carbocycles. The molecule has 0 unspecified atom stereocenters. The third kappa shape index (κ3) is 4.37. The Morgan fingerprint density at radius 3 is 2.77 bits per heavy atom. The molecule has 158 valence electrons. The van der Waals surface area contributed by atoms with Crippen LogP contribution in [0.5, 0.6) is 0 Å². The number of nitrogens with zero attached hydrogens (tertiary/aromatic N) is 5. The van der Waals surface area contributed by atoms with Gasteiger partial charge in [-0.05, 0) is 56.9 Å². The maximum atomic E-state index is 12.5. The number of benzene rings is 1. The van der Waals surface area contributed by atoms with Crippen LogP contribution in [0.15, 0.2) is 35.1 Å². The molecule has 3 heterocycles. The molecule has 1 aliphatic rings. The van der Waals surface area contributed by atoms with E-state index in [4.69, 9.17) is 0 Å². The molecule has 2 aromatic heterocycles. The minimum absolute atomic E-state index is 0.0344. The van der Waals surface area contributed by atoms with Gasteiger partial charge in [0.2, 0.25) is 0 Å². The molecule has 0 aliphatic carbocycles. The number of nitrogens with one attached hydrogen (secondary N) is 1. The van der Waals surface area contributed by atoms with Crippen molar-refractivity contribution in [3.8, 4) is 0 Å². The molecule has 30 heavy (non-hydrogen) atoms. The van der Waals surface area contributed by atoms with E-state index in [-0.39, 0.29) is 11.6 Å². The molecule has 1 aliphatic heterocycles. The molecule has 1 aromatic carbocycles. The summed E-state index contributed by atoms with van der Waals surface area (Å²) >= 11 is 0. The van der Waals surface area contributed by atoms with Crippen LogP contribution in [0.4, 0.5) is 0 Å². The molecule has 0 radical (unpaired) electrons. The topological polar surface area (TPSA) is 86.7 Å². The normalized spacial score (nSPS) is 13.3. The summed E-state index contributed by atoms with van der Waals surface area (Å²) in [5.74, 6) is 0.774. The van der Waals surface area contributed by atoms with E-state index in [1.54, 1.807) is 4.57 Å². The number of hydrogen-bond donors (Lipinski definition) is 1. The first-order chi connectivity index (χ1) is 14.5. The lowest BCUT2D eigenvalue weighted by molar-refractivity contribution is 0.0952. The van der Waals surface area contributed by atoms with Gasteiger partial charge < -0.3 is 5.32 Å². The van der Waals surface area contributed by atoms with E-state index in [0.29, 0.717) is 31.6 Å². The SMILES string of the molecule is Cc1cc(C)n(Cc2cccc(C(=O)NCCCn3nc4n(c3=O)CCCC4)c2)n1. The molecule has 0 fully saturated rings. The second-order valence-corrected chi connectivity index (χ2v) is 7.93. The van der Waals surface area contributed by atoms with Crippen molar-refractivity contribution < 1.29 is 4.79 Å². The first-order valence-electron chi connectivity index (χ1n) is 10.6. The highest BCUT2D eigenvalue weighted by atomic mass is 16.2. The second kappa shape index (κ2) is 8.69. The van der Waals surface area contributed by atoms with Crippen molar-refractivity contribution in [1.82, 2.24) is 29.4 Å². The molecule has 8 heteroatoms. The fraction of sp³-hybridized carbons (Fsp3) is 0.455. The van der Waals surface area contributed by atoms with Crippen LogP contribution in [0, 0.1) is 13.8 Å². The van der Waals surface area contributed by atoms with E-state index in [0.717, 1.165) is 48.6 Å². The fourth-order valence-corrected chi connectivity index (χ4v) is 3.95. The smallest absolute Gasteiger partial charge is 0.345 e. The number of hydrogen-bond acceptors (Lipinski definition) is 4. The predicted octanol–water partition coefficient (Wildman–Crippen LogP) is 2.06. The molecule has 0 bridgehead atoms. The van der Waals surface area contributed by atoms with Gasteiger partial charge in [-0.25, -0.2) is 9.48 Å². The average Bonchev–Trinajstić information content (AvgIpc) is 3.23. The molecular weight excluding hydrogens is 380 g/mol. The van der Waals surface area contributed by atoms with Gasteiger partial charge >= 0.3 is 5.69 Å². The fourth-order valence-electron chi connectivity index (χ4n) is 3.95. The number of aryl methyl sites for hydroxylation is 4. The van der Waals surface area contributed by atoms with E-state index in [1.807, 2.05) is 48.9 Å². The van der Waals surface area contributed by atoms with Crippen LogP contribution in [-0.4, -0.2) is 36.6 Å². The standard InChI is InChI=1S/C22H28N6O2/c1-16-13-17(2)28(24-16)15-18-7-5-8-19(14-18)21(29)23-10-6-12-27-22(30)26-11-4-3-9-20(26)25-27/h5,7-8,13-14H,3-4,6,9-12,15H2,1-2H3,(H,23,29). The molecule has 3 aromatic rings. The van der Waals surface area contributed by atoms with E-state index < -0.39 is 0 Å². The largest absolute Gasteiger partial charge is 0.352 e. The minimum atomic E-state index is -0.110. The van der Waals surface area contributed by atoms with Crippen LogP contribution in [0.25, 0.3) is 0 Å². The van der Waals surface area contributed by atoms with Crippen LogP contribution < -0.4 is 11.0 Å². The summed E-state index contributed by atoms with van der Waals surface area (Å²) in [5, 5.41) is 11.9. The number of carbonyl (C=O) groups excluding carboxylic acids is 1. The van der Waals surface area contributed by atoms with Crippen LogP contribution in [0.1, 0.15) is 52.4 Å². The zero-order chi connectivity index (χ0) is 21.1. The lowest BCUT2D eigenvalue weighted by atomic mass is 10.1. The Morgan fingerprint density at radius 2 is 2.00 bits per heavy atom. The Bertz CT molecular complexity index is 1110. The molecular formula is C22H28N6O2. The third-order valence-electron chi connectivity index (χ3n) is 5.49. The summed E-state index contributed by atoms with van der Waals surface area (Å²) in [5.41, 5.74) is 3.71. The molecule has 8 nitrogen and oxygen atoms in total. The van der Waals surface area contributed by atoms with Crippen molar-refractivity contribution in [3.05, 3.63) is 69.2 Å². The lowest BCUT2D eigenvalue weighted by Gasteiger charge is -2.09. The Morgan fingerprint density at radius 1 is 1.13 bits per heavy atom. The molecule has 0 atom stereocenters.